The Labute approximate surface area is 120 Å². The van der Waals surface area contributed by atoms with Crippen LogP contribution in [0.4, 0.5) is 0 Å². The lowest BCUT2D eigenvalue weighted by Gasteiger charge is -2.16. The van der Waals surface area contributed by atoms with Gasteiger partial charge in [-0.25, -0.2) is 0 Å². The summed E-state index contributed by atoms with van der Waals surface area (Å²) < 4.78 is 1.01. The van der Waals surface area contributed by atoms with E-state index in [1.54, 1.807) is 0 Å². The maximum Gasteiger partial charge on any atom is 0.255 e. The maximum absolute atomic E-state index is 12.5. The van der Waals surface area contributed by atoms with Crippen molar-refractivity contribution in [2.75, 3.05) is 0 Å². The van der Waals surface area contributed by atoms with Gasteiger partial charge in [0.05, 0.1) is 5.56 Å². The zero-order chi connectivity index (χ0) is 12.5. The Balaban J connectivity index is 1.87. The van der Waals surface area contributed by atoms with Crippen LogP contribution in [0.15, 0.2) is 48.5 Å². The highest BCUT2D eigenvalue weighted by Crippen LogP contribution is 2.25. The van der Waals surface area contributed by atoms with Crippen molar-refractivity contribution in [3.63, 3.8) is 0 Å². The van der Waals surface area contributed by atoms with Gasteiger partial charge in [0, 0.05) is 16.7 Å². The molecule has 1 aliphatic rings. The quantitative estimate of drug-likeness (QED) is 0.723. The van der Waals surface area contributed by atoms with E-state index >= 15 is 0 Å². The minimum Gasteiger partial charge on any atom is -0.330 e. The first-order chi connectivity index (χ1) is 8.75. The van der Waals surface area contributed by atoms with Crippen molar-refractivity contribution in [2.24, 2.45) is 0 Å². The molecule has 0 saturated carbocycles. The Morgan fingerprint density at radius 1 is 0.944 bits per heavy atom. The molecule has 3 heteroatoms. The lowest BCUT2D eigenvalue weighted by Crippen LogP contribution is -2.25. The Morgan fingerprint density at radius 2 is 1.50 bits per heavy atom. The second-order valence-corrected chi connectivity index (χ2v) is 5.57. The molecule has 0 bridgehead atoms. The van der Waals surface area contributed by atoms with E-state index in [-0.39, 0.29) is 5.91 Å². The molecule has 1 aliphatic heterocycles. The Kier molecular flexibility index (Phi) is 3.07. The van der Waals surface area contributed by atoms with Crippen LogP contribution in [0.2, 0.25) is 0 Å². The zero-order valence-corrected chi connectivity index (χ0v) is 11.9. The SMILES string of the molecule is O=C(c1ccccc1I)N1Cc2ccccc2C1. The molecule has 1 amide bonds. The molecule has 0 atom stereocenters. The van der Waals surface area contributed by atoms with Gasteiger partial charge in [0.25, 0.3) is 5.91 Å². The molecule has 0 spiro atoms. The van der Waals surface area contributed by atoms with Gasteiger partial charge in [-0.05, 0) is 45.9 Å². The fourth-order valence-electron chi connectivity index (χ4n) is 2.28. The number of rotatable bonds is 1. The largest absolute Gasteiger partial charge is 0.330 e. The van der Waals surface area contributed by atoms with Crippen molar-refractivity contribution >= 4 is 28.5 Å². The van der Waals surface area contributed by atoms with Gasteiger partial charge in [-0.15, -0.1) is 0 Å². The minimum atomic E-state index is 0.121. The second-order valence-electron chi connectivity index (χ2n) is 4.41. The summed E-state index contributed by atoms with van der Waals surface area (Å²) in [5.41, 5.74) is 3.32. The van der Waals surface area contributed by atoms with Crippen molar-refractivity contribution in [1.82, 2.24) is 4.90 Å². The Hall–Kier alpha value is -1.36. The number of carbonyl (C=O) groups is 1. The molecule has 2 aromatic carbocycles. The predicted octanol–water partition coefficient (Wildman–Crippen LogP) is 3.45. The van der Waals surface area contributed by atoms with E-state index in [9.17, 15) is 4.79 Å². The third kappa shape index (κ3) is 2.03. The van der Waals surface area contributed by atoms with Crippen molar-refractivity contribution in [2.45, 2.75) is 13.1 Å². The highest BCUT2D eigenvalue weighted by molar-refractivity contribution is 14.1. The van der Waals surface area contributed by atoms with Gasteiger partial charge in [0.15, 0.2) is 0 Å². The van der Waals surface area contributed by atoms with Crippen molar-refractivity contribution < 1.29 is 4.79 Å². The second kappa shape index (κ2) is 4.72. The van der Waals surface area contributed by atoms with Crippen LogP contribution in [0.5, 0.6) is 0 Å². The van der Waals surface area contributed by atoms with E-state index in [1.807, 2.05) is 41.3 Å². The number of fused-ring (bicyclic) bond motifs is 1. The molecule has 18 heavy (non-hydrogen) atoms. The lowest BCUT2D eigenvalue weighted by atomic mass is 10.1. The van der Waals surface area contributed by atoms with E-state index in [2.05, 4.69) is 34.7 Å². The molecule has 0 radical (unpaired) electrons. The maximum atomic E-state index is 12.5. The normalized spacial score (nSPS) is 13.5. The average molecular weight is 349 g/mol. The number of carbonyl (C=O) groups excluding carboxylic acids is 1. The molecular formula is C15H12INO. The van der Waals surface area contributed by atoms with Gasteiger partial charge < -0.3 is 4.90 Å². The van der Waals surface area contributed by atoms with Crippen LogP contribution >= 0.6 is 22.6 Å². The first-order valence-corrected chi connectivity index (χ1v) is 6.94. The fourth-order valence-corrected chi connectivity index (χ4v) is 2.90. The number of amides is 1. The van der Waals surface area contributed by atoms with E-state index in [0.717, 1.165) is 22.2 Å². The lowest BCUT2D eigenvalue weighted by molar-refractivity contribution is 0.0750. The van der Waals surface area contributed by atoms with Crippen molar-refractivity contribution in [1.29, 1.82) is 0 Å². The molecule has 0 saturated heterocycles. The smallest absolute Gasteiger partial charge is 0.255 e. The molecule has 0 aromatic heterocycles. The summed E-state index contributed by atoms with van der Waals surface area (Å²) in [5.74, 6) is 0.121. The molecule has 3 rings (SSSR count). The van der Waals surface area contributed by atoms with Crippen LogP contribution in [-0.4, -0.2) is 10.8 Å². The summed E-state index contributed by atoms with van der Waals surface area (Å²) in [5, 5.41) is 0. The molecule has 1 heterocycles. The summed E-state index contributed by atoms with van der Waals surface area (Å²) in [7, 11) is 0. The molecular weight excluding hydrogens is 337 g/mol. The van der Waals surface area contributed by atoms with E-state index in [1.165, 1.54) is 11.1 Å². The summed E-state index contributed by atoms with van der Waals surface area (Å²) in [6, 6.07) is 16.0. The standard InChI is InChI=1S/C15H12INO/c16-14-8-4-3-7-13(14)15(18)17-9-11-5-1-2-6-12(11)10-17/h1-8H,9-10H2. The number of nitrogens with zero attached hydrogens (tertiary/aromatic N) is 1. The Morgan fingerprint density at radius 3 is 2.11 bits per heavy atom. The molecule has 0 unspecified atom stereocenters. The number of halogens is 1. The van der Waals surface area contributed by atoms with E-state index < -0.39 is 0 Å². The zero-order valence-electron chi connectivity index (χ0n) is 9.77. The van der Waals surface area contributed by atoms with E-state index in [4.69, 9.17) is 0 Å². The number of benzene rings is 2. The van der Waals surface area contributed by atoms with Crippen molar-refractivity contribution in [3.05, 3.63) is 68.8 Å². The summed E-state index contributed by atoms with van der Waals surface area (Å²) in [4.78, 5) is 14.4. The van der Waals surface area contributed by atoms with Crippen LogP contribution in [0.25, 0.3) is 0 Å². The van der Waals surface area contributed by atoms with Gasteiger partial charge in [0.2, 0.25) is 0 Å². The minimum absolute atomic E-state index is 0.121. The topological polar surface area (TPSA) is 20.3 Å². The van der Waals surface area contributed by atoms with E-state index in [0.29, 0.717) is 0 Å². The molecule has 90 valence electrons. The molecule has 2 aromatic rings. The summed E-state index contributed by atoms with van der Waals surface area (Å²) in [6.45, 7) is 1.44. The average Bonchev–Trinajstić information content (AvgIpc) is 2.82. The number of hydrogen-bond donors (Lipinski definition) is 0. The van der Waals surface area contributed by atoms with Gasteiger partial charge >= 0.3 is 0 Å². The van der Waals surface area contributed by atoms with Crippen LogP contribution in [0.1, 0.15) is 21.5 Å². The first kappa shape index (κ1) is 11.7. The van der Waals surface area contributed by atoms with Gasteiger partial charge in [-0.1, -0.05) is 36.4 Å². The summed E-state index contributed by atoms with van der Waals surface area (Å²) in [6.07, 6.45) is 0. The molecule has 0 fully saturated rings. The van der Waals surface area contributed by atoms with Gasteiger partial charge in [-0.2, -0.15) is 0 Å². The highest BCUT2D eigenvalue weighted by atomic mass is 127. The van der Waals surface area contributed by atoms with Crippen LogP contribution in [0, 0.1) is 3.57 Å². The van der Waals surface area contributed by atoms with Crippen LogP contribution < -0.4 is 0 Å². The van der Waals surface area contributed by atoms with Crippen LogP contribution in [0.3, 0.4) is 0 Å². The predicted molar refractivity (Wildman–Crippen MR) is 79.2 cm³/mol. The number of hydrogen-bond acceptors (Lipinski definition) is 1. The Bertz CT molecular complexity index is 584. The highest BCUT2D eigenvalue weighted by Gasteiger charge is 2.24. The fraction of sp³-hybridized carbons (Fsp3) is 0.133. The molecule has 2 nitrogen and oxygen atoms in total. The van der Waals surface area contributed by atoms with Gasteiger partial charge in [-0.3, -0.25) is 4.79 Å². The third-order valence-electron chi connectivity index (χ3n) is 3.23. The monoisotopic (exact) mass is 349 g/mol. The van der Waals surface area contributed by atoms with Crippen LogP contribution in [-0.2, 0) is 13.1 Å². The first-order valence-electron chi connectivity index (χ1n) is 5.86. The molecule has 0 N–H and O–H groups in total. The van der Waals surface area contributed by atoms with Gasteiger partial charge in [0.1, 0.15) is 0 Å². The molecule has 0 aliphatic carbocycles. The van der Waals surface area contributed by atoms with Crippen molar-refractivity contribution in [3.8, 4) is 0 Å². The third-order valence-corrected chi connectivity index (χ3v) is 4.17. The summed E-state index contributed by atoms with van der Waals surface area (Å²) >= 11 is 2.21.